The Morgan fingerprint density at radius 2 is 1.93 bits per heavy atom. The molecule has 1 aliphatic heterocycles. The van der Waals surface area contributed by atoms with Gasteiger partial charge in [0, 0.05) is 11.8 Å². The van der Waals surface area contributed by atoms with Crippen molar-refractivity contribution in [1.82, 2.24) is 15.5 Å². The van der Waals surface area contributed by atoms with Gasteiger partial charge < -0.3 is 24.8 Å². The summed E-state index contributed by atoms with van der Waals surface area (Å²) in [5.74, 6) is 1.03. The maximum absolute atomic E-state index is 12.5. The Morgan fingerprint density at radius 1 is 1.10 bits per heavy atom. The van der Waals surface area contributed by atoms with E-state index in [1.807, 2.05) is 6.92 Å². The molecule has 3 aromatic rings. The third kappa shape index (κ3) is 4.33. The molecule has 2 N–H and O–H groups in total. The number of hydrogen-bond acceptors (Lipinski definition) is 8. The molecule has 0 saturated heterocycles. The standard InChI is InChI=1S/C20H18N4O5S/c1-2-27-14-6-4-3-5-13(14)18(25)21-10-17-23-24-20(30-17)19(26)22-12-7-8-15-16(9-12)29-11-28-15/h3-9H,2,10-11H2,1H3,(H,21,25)(H,22,26). The SMILES string of the molecule is CCOc1ccccc1C(=O)NCc1nnc(C(=O)Nc2ccc3c(c2)OCO3)s1. The van der Waals surface area contributed by atoms with Crippen LogP contribution in [-0.2, 0) is 6.54 Å². The first-order valence-electron chi connectivity index (χ1n) is 9.17. The van der Waals surface area contributed by atoms with Crippen molar-refractivity contribution in [2.75, 3.05) is 18.7 Å². The monoisotopic (exact) mass is 426 g/mol. The first kappa shape index (κ1) is 19.6. The van der Waals surface area contributed by atoms with Crippen LogP contribution in [0.15, 0.2) is 42.5 Å². The number of para-hydroxylation sites is 1. The van der Waals surface area contributed by atoms with Gasteiger partial charge in [-0.05, 0) is 31.2 Å². The van der Waals surface area contributed by atoms with Crippen molar-refractivity contribution < 1.29 is 23.8 Å². The second-order valence-corrected chi connectivity index (χ2v) is 7.20. The Bertz CT molecular complexity index is 1080. The number of nitrogens with one attached hydrogen (secondary N) is 2. The Hall–Kier alpha value is -3.66. The van der Waals surface area contributed by atoms with E-state index >= 15 is 0 Å². The van der Waals surface area contributed by atoms with Crippen LogP contribution >= 0.6 is 11.3 Å². The summed E-state index contributed by atoms with van der Waals surface area (Å²) in [7, 11) is 0. The number of ether oxygens (including phenoxy) is 3. The second kappa shape index (κ2) is 8.78. The van der Waals surface area contributed by atoms with Crippen LogP contribution in [0.1, 0.15) is 32.1 Å². The fourth-order valence-electron chi connectivity index (χ4n) is 2.76. The number of benzene rings is 2. The summed E-state index contributed by atoms with van der Waals surface area (Å²) in [5, 5.41) is 14.1. The molecule has 30 heavy (non-hydrogen) atoms. The lowest BCUT2D eigenvalue weighted by atomic mass is 10.2. The average molecular weight is 426 g/mol. The number of carbonyl (C=O) groups is 2. The minimum Gasteiger partial charge on any atom is -0.493 e. The lowest BCUT2D eigenvalue weighted by Crippen LogP contribution is -2.23. The smallest absolute Gasteiger partial charge is 0.286 e. The fourth-order valence-corrected chi connectivity index (χ4v) is 3.44. The zero-order chi connectivity index (χ0) is 20.9. The third-order valence-electron chi connectivity index (χ3n) is 4.12. The van der Waals surface area contributed by atoms with E-state index in [-0.39, 0.29) is 24.3 Å². The number of nitrogens with zero attached hydrogens (tertiary/aromatic N) is 2. The van der Waals surface area contributed by atoms with Gasteiger partial charge in [0.25, 0.3) is 11.8 Å². The molecule has 4 rings (SSSR count). The molecule has 2 amide bonds. The van der Waals surface area contributed by atoms with E-state index in [4.69, 9.17) is 14.2 Å². The quantitative estimate of drug-likeness (QED) is 0.597. The van der Waals surface area contributed by atoms with Crippen molar-refractivity contribution in [3.05, 3.63) is 58.0 Å². The maximum atomic E-state index is 12.5. The third-order valence-corrected chi connectivity index (χ3v) is 5.05. The van der Waals surface area contributed by atoms with Gasteiger partial charge in [-0.3, -0.25) is 9.59 Å². The molecular weight excluding hydrogens is 408 g/mol. The highest BCUT2D eigenvalue weighted by atomic mass is 32.1. The maximum Gasteiger partial charge on any atom is 0.286 e. The van der Waals surface area contributed by atoms with Crippen LogP contribution < -0.4 is 24.8 Å². The molecule has 0 unspecified atom stereocenters. The van der Waals surface area contributed by atoms with Crippen molar-refractivity contribution in [2.45, 2.75) is 13.5 Å². The second-order valence-electron chi connectivity index (χ2n) is 6.13. The molecule has 0 atom stereocenters. The van der Waals surface area contributed by atoms with Crippen molar-refractivity contribution >= 4 is 28.8 Å². The fraction of sp³-hybridized carbons (Fsp3) is 0.200. The summed E-state index contributed by atoms with van der Waals surface area (Å²) in [4.78, 5) is 24.9. The molecule has 0 aliphatic carbocycles. The molecule has 0 radical (unpaired) electrons. The normalized spacial score (nSPS) is 11.8. The van der Waals surface area contributed by atoms with E-state index in [1.165, 1.54) is 0 Å². The Morgan fingerprint density at radius 3 is 2.80 bits per heavy atom. The van der Waals surface area contributed by atoms with Crippen LogP contribution in [0.4, 0.5) is 5.69 Å². The Labute approximate surface area is 176 Å². The number of fused-ring (bicyclic) bond motifs is 1. The highest BCUT2D eigenvalue weighted by Crippen LogP contribution is 2.34. The highest BCUT2D eigenvalue weighted by Gasteiger charge is 2.18. The van der Waals surface area contributed by atoms with Crippen LogP contribution in [0.2, 0.25) is 0 Å². The van der Waals surface area contributed by atoms with E-state index in [0.29, 0.717) is 40.1 Å². The van der Waals surface area contributed by atoms with Crippen LogP contribution in [0.3, 0.4) is 0 Å². The van der Waals surface area contributed by atoms with Gasteiger partial charge >= 0.3 is 0 Å². The highest BCUT2D eigenvalue weighted by molar-refractivity contribution is 7.13. The van der Waals surface area contributed by atoms with E-state index in [9.17, 15) is 9.59 Å². The van der Waals surface area contributed by atoms with Gasteiger partial charge in [0.1, 0.15) is 10.8 Å². The molecule has 1 aromatic heterocycles. The summed E-state index contributed by atoms with van der Waals surface area (Å²) < 4.78 is 16.0. The average Bonchev–Trinajstić information content (AvgIpc) is 3.42. The predicted octanol–water partition coefficient (Wildman–Crippen LogP) is 2.85. The van der Waals surface area contributed by atoms with Crippen molar-refractivity contribution in [3.63, 3.8) is 0 Å². The van der Waals surface area contributed by atoms with Gasteiger partial charge in [-0.15, -0.1) is 10.2 Å². The topological polar surface area (TPSA) is 112 Å². The minimum atomic E-state index is -0.398. The molecule has 1 aliphatic rings. The Balaban J connectivity index is 1.36. The first-order valence-corrected chi connectivity index (χ1v) is 9.99. The van der Waals surface area contributed by atoms with E-state index in [1.54, 1.807) is 42.5 Å². The zero-order valence-electron chi connectivity index (χ0n) is 16.0. The van der Waals surface area contributed by atoms with Crippen LogP contribution in [0, 0.1) is 0 Å². The van der Waals surface area contributed by atoms with E-state index < -0.39 is 5.91 Å². The molecule has 2 heterocycles. The van der Waals surface area contributed by atoms with Gasteiger partial charge in [0.05, 0.1) is 18.7 Å². The molecule has 2 aromatic carbocycles. The zero-order valence-corrected chi connectivity index (χ0v) is 16.8. The molecule has 0 spiro atoms. The van der Waals surface area contributed by atoms with E-state index in [0.717, 1.165) is 11.3 Å². The Kier molecular flexibility index (Phi) is 5.75. The van der Waals surface area contributed by atoms with Crippen LogP contribution in [-0.4, -0.2) is 35.4 Å². The number of rotatable bonds is 7. The lowest BCUT2D eigenvalue weighted by Gasteiger charge is -2.09. The number of amides is 2. The van der Waals surface area contributed by atoms with Crippen molar-refractivity contribution in [3.8, 4) is 17.2 Å². The summed E-state index contributed by atoms with van der Waals surface area (Å²) in [6.45, 7) is 2.62. The molecule has 0 fully saturated rings. The van der Waals surface area contributed by atoms with Crippen molar-refractivity contribution in [2.24, 2.45) is 0 Å². The number of hydrogen-bond donors (Lipinski definition) is 2. The predicted molar refractivity (Wildman–Crippen MR) is 109 cm³/mol. The molecule has 9 nitrogen and oxygen atoms in total. The van der Waals surface area contributed by atoms with Gasteiger partial charge in [-0.2, -0.15) is 0 Å². The van der Waals surface area contributed by atoms with Gasteiger partial charge in [0.2, 0.25) is 11.8 Å². The molecular formula is C20H18N4O5S. The van der Waals surface area contributed by atoms with Gasteiger partial charge in [-0.25, -0.2) is 0 Å². The summed E-state index contributed by atoms with van der Waals surface area (Å²) in [6.07, 6.45) is 0. The minimum absolute atomic E-state index is 0.147. The van der Waals surface area contributed by atoms with Crippen LogP contribution in [0.25, 0.3) is 0 Å². The van der Waals surface area contributed by atoms with E-state index in [2.05, 4.69) is 20.8 Å². The number of aromatic nitrogens is 2. The number of anilines is 1. The van der Waals surface area contributed by atoms with Gasteiger partial charge in [0.15, 0.2) is 11.5 Å². The van der Waals surface area contributed by atoms with Crippen molar-refractivity contribution in [1.29, 1.82) is 0 Å². The number of carbonyl (C=O) groups excluding carboxylic acids is 2. The summed E-state index contributed by atoms with van der Waals surface area (Å²) in [6, 6.07) is 12.1. The molecule has 10 heteroatoms. The molecule has 0 saturated carbocycles. The summed E-state index contributed by atoms with van der Waals surface area (Å²) >= 11 is 1.10. The largest absolute Gasteiger partial charge is 0.493 e. The van der Waals surface area contributed by atoms with Crippen LogP contribution in [0.5, 0.6) is 17.2 Å². The molecule has 0 bridgehead atoms. The first-order chi connectivity index (χ1) is 14.6. The summed E-state index contributed by atoms with van der Waals surface area (Å²) in [5.41, 5.74) is 0.992. The molecule has 154 valence electrons. The van der Waals surface area contributed by atoms with Gasteiger partial charge in [-0.1, -0.05) is 23.5 Å². The lowest BCUT2D eigenvalue weighted by molar-refractivity contribution is 0.0946.